The third-order valence-corrected chi connectivity index (χ3v) is 3.40. The molecule has 1 aromatic rings. The first-order chi connectivity index (χ1) is 6.77. The van der Waals surface area contributed by atoms with E-state index in [1.54, 1.807) is 10.6 Å². The standard InChI is InChI=1S/C10H8ClIN2/c11-14-7-9(13-6-10(14)12)8-4-2-1-3-5-8/h1-6H,7H2. The van der Waals surface area contributed by atoms with Crippen molar-refractivity contribution in [3.05, 3.63) is 45.8 Å². The normalized spacial score (nSPS) is 16.3. The Morgan fingerprint density at radius 3 is 2.64 bits per heavy atom. The van der Waals surface area contributed by atoms with Crippen LogP contribution in [0.25, 0.3) is 0 Å². The fourth-order valence-corrected chi connectivity index (χ4v) is 1.70. The predicted molar refractivity (Wildman–Crippen MR) is 67.6 cm³/mol. The molecule has 1 aliphatic heterocycles. The summed E-state index contributed by atoms with van der Waals surface area (Å²) in [5.41, 5.74) is 2.12. The van der Waals surface area contributed by atoms with Crippen molar-refractivity contribution in [2.24, 2.45) is 4.99 Å². The van der Waals surface area contributed by atoms with Crippen LogP contribution in [-0.2, 0) is 0 Å². The number of rotatable bonds is 1. The maximum atomic E-state index is 5.99. The molecule has 0 saturated carbocycles. The number of nitrogens with zero attached hydrogens (tertiary/aromatic N) is 2. The van der Waals surface area contributed by atoms with E-state index in [9.17, 15) is 0 Å². The molecule has 0 unspecified atom stereocenters. The van der Waals surface area contributed by atoms with Crippen molar-refractivity contribution in [1.82, 2.24) is 4.42 Å². The van der Waals surface area contributed by atoms with Gasteiger partial charge in [-0.1, -0.05) is 30.3 Å². The molecule has 0 N–H and O–H groups in total. The Morgan fingerprint density at radius 1 is 1.29 bits per heavy atom. The molecule has 0 spiro atoms. The van der Waals surface area contributed by atoms with Crippen LogP contribution in [-0.4, -0.2) is 16.7 Å². The van der Waals surface area contributed by atoms with Crippen LogP contribution in [0, 0.1) is 0 Å². The van der Waals surface area contributed by atoms with Crippen molar-refractivity contribution in [3.8, 4) is 0 Å². The molecule has 0 saturated heterocycles. The van der Waals surface area contributed by atoms with Gasteiger partial charge in [0.1, 0.15) is 3.70 Å². The second-order valence-corrected chi connectivity index (χ2v) is 4.43. The van der Waals surface area contributed by atoms with Gasteiger partial charge in [0.05, 0.1) is 18.5 Å². The van der Waals surface area contributed by atoms with Crippen LogP contribution in [0.2, 0.25) is 0 Å². The van der Waals surface area contributed by atoms with Gasteiger partial charge in [0, 0.05) is 11.8 Å². The summed E-state index contributed by atoms with van der Waals surface area (Å²) < 4.78 is 2.61. The summed E-state index contributed by atoms with van der Waals surface area (Å²) in [4.78, 5) is 4.35. The average Bonchev–Trinajstić information content (AvgIpc) is 2.23. The Hall–Kier alpha value is -0.550. The summed E-state index contributed by atoms with van der Waals surface area (Å²) in [5.74, 6) is 0. The van der Waals surface area contributed by atoms with Gasteiger partial charge < -0.3 is 0 Å². The fourth-order valence-electron chi connectivity index (χ4n) is 1.24. The van der Waals surface area contributed by atoms with Crippen molar-refractivity contribution < 1.29 is 0 Å². The molecule has 0 fully saturated rings. The monoisotopic (exact) mass is 318 g/mol. The molecule has 2 rings (SSSR count). The van der Waals surface area contributed by atoms with E-state index >= 15 is 0 Å². The molecule has 0 bridgehead atoms. The minimum Gasteiger partial charge on any atom is -0.272 e. The summed E-state index contributed by atoms with van der Waals surface area (Å²) in [6.45, 7) is 0.653. The zero-order valence-electron chi connectivity index (χ0n) is 7.32. The number of hydrogen-bond donors (Lipinski definition) is 0. The molecule has 1 heterocycles. The molecule has 0 atom stereocenters. The highest BCUT2D eigenvalue weighted by Gasteiger charge is 2.13. The van der Waals surface area contributed by atoms with E-state index in [0.717, 1.165) is 15.0 Å². The molecule has 0 amide bonds. The van der Waals surface area contributed by atoms with Crippen molar-refractivity contribution >= 4 is 40.1 Å². The lowest BCUT2D eigenvalue weighted by atomic mass is 10.1. The average molecular weight is 319 g/mol. The molecule has 0 aliphatic carbocycles. The SMILES string of the molecule is ClN1CC(c2ccccc2)=NC=C1I. The van der Waals surface area contributed by atoms with Crippen LogP contribution in [0.5, 0.6) is 0 Å². The van der Waals surface area contributed by atoms with Crippen LogP contribution in [0.1, 0.15) is 5.56 Å². The van der Waals surface area contributed by atoms with Gasteiger partial charge in [-0.05, 0) is 28.2 Å². The molecule has 72 valence electrons. The highest BCUT2D eigenvalue weighted by atomic mass is 127. The van der Waals surface area contributed by atoms with E-state index in [2.05, 4.69) is 27.6 Å². The lowest BCUT2D eigenvalue weighted by Crippen LogP contribution is -2.22. The van der Waals surface area contributed by atoms with Crippen LogP contribution in [0.15, 0.2) is 45.2 Å². The summed E-state index contributed by atoms with van der Waals surface area (Å²) in [7, 11) is 0. The first-order valence-electron chi connectivity index (χ1n) is 4.18. The van der Waals surface area contributed by atoms with Crippen molar-refractivity contribution in [3.63, 3.8) is 0 Å². The van der Waals surface area contributed by atoms with Gasteiger partial charge in [0.15, 0.2) is 0 Å². The second kappa shape index (κ2) is 4.31. The fraction of sp³-hybridized carbons (Fsp3) is 0.100. The molecule has 14 heavy (non-hydrogen) atoms. The molecule has 0 aromatic heterocycles. The van der Waals surface area contributed by atoms with Crippen LogP contribution in [0.4, 0.5) is 0 Å². The number of benzene rings is 1. The van der Waals surface area contributed by atoms with Gasteiger partial charge in [-0.25, -0.2) is 0 Å². The minimum absolute atomic E-state index is 0.653. The third kappa shape index (κ3) is 2.09. The van der Waals surface area contributed by atoms with E-state index in [0.29, 0.717) is 6.54 Å². The quantitative estimate of drug-likeness (QED) is 0.441. The molecule has 0 radical (unpaired) electrons. The van der Waals surface area contributed by atoms with Gasteiger partial charge >= 0.3 is 0 Å². The zero-order valence-corrected chi connectivity index (χ0v) is 10.2. The third-order valence-electron chi connectivity index (χ3n) is 1.95. The highest BCUT2D eigenvalue weighted by Crippen LogP contribution is 2.21. The van der Waals surface area contributed by atoms with Crippen LogP contribution < -0.4 is 0 Å². The van der Waals surface area contributed by atoms with E-state index in [1.807, 2.05) is 30.3 Å². The maximum absolute atomic E-state index is 5.99. The number of halogens is 2. The van der Waals surface area contributed by atoms with Crippen LogP contribution in [0.3, 0.4) is 0 Å². The van der Waals surface area contributed by atoms with E-state index in [-0.39, 0.29) is 0 Å². The maximum Gasteiger partial charge on any atom is 0.109 e. The number of aliphatic imine (C=N–C) groups is 1. The van der Waals surface area contributed by atoms with Crippen LogP contribution >= 0.6 is 34.4 Å². The molecular formula is C10H8ClIN2. The van der Waals surface area contributed by atoms with Crippen molar-refractivity contribution in [1.29, 1.82) is 0 Å². The zero-order chi connectivity index (χ0) is 9.97. The summed E-state index contributed by atoms with van der Waals surface area (Å²) in [6.07, 6.45) is 1.78. The van der Waals surface area contributed by atoms with Gasteiger partial charge in [0.2, 0.25) is 0 Å². The van der Waals surface area contributed by atoms with E-state index in [1.165, 1.54) is 0 Å². The molecule has 2 nitrogen and oxygen atoms in total. The Balaban J connectivity index is 2.30. The molecular weight excluding hydrogens is 310 g/mol. The Labute approximate surface area is 102 Å². The van der Waals surface area contributed by atoms with Gasteiger partial charge in [-0.2, -0.15) is 0 Å². The first-order valence-corrected chi connectivity index (χ1v) is 5.60. The first kappa shape index (κ1) is 9.98. The molecule has 1 aliphatic rings. The van der Waals surface area contributed by atoms with Crippen molar-refractivity contribution in [2.45, 2.75) is 0 Å². The lowest BCUT2D eigenvalue weighted by Gasteiger charge is -2.19. The smallest absolute Gasteiger partial charge is 0.109 e. The largest absolute Gasteiger partial charge is 0.272 e. The Bertz CT molecular complexity index is 386. The Morgan fingerprint density at radius 2 is 2.00 bits per heavy atom. The summed E-state index contributed by atoms with van der Waals surface area (Å²) >= 11 is 8.15. The lowest BCUT2D eigenvalue weighted by molar-refractivity contribution is 0.678. The van der Waals surface area contributed by atoms with Crippen molar-refractivity contribution in [2.75, 3.05) is 6.54 Å². The van der Waals surface area contributed by atoms with E-state index < -0.39 is 0 Å². The molecule has 1 aromatic carbocycles. The second-order valence-electron chi connectivity index (χ2n) is 2.91. The predicted octanol–water partition coefficient (Wildman–Crippen LogP) is 3.18. The highest BCUT2D eigenvalue weighted by molar-refractivity contribution is 14.1. The number of hydrogen-bond acceptors (Lipinski definition) is 2. The van der Waals surface area contributed by atoms with E-state index in [4.69, 9.17) is 11.8 Å². The minimum atomic E-state index is 0.653. The molecule has 4 heteroatoms. The topological polar surface area (TPSA) is 15.6 Å². The van der Waals surface area contributed by atoms with Gasteiger partial charge in [-0.3, -0.25) is 9.41 Å². The van der Waals surface area contributed by atoms with Gasteiger partial charge in [-0.15, -0.1) is 0 Å². The Kier molecular flexibility index (Phi) is 3.08. The summed E-state index contributed by atoms with van der Waals surface area (Å²) in [5, 5.41) is 0. The van der Waals surface area contributed by atoms with Gasteiger partial charge in [0.25, 0.3) is 0 Å². The summed E-state index contributed by atoms with van der Waals surface area (Å²) in [6, 6.07) is 10.1.